The Morgan fingerprint density at radius 3 is 1.39 bits per heavy atom. The lowest BCUT2D eigenvalue weighted by molar-refractivity contribution is 0.101. The smallest absolute Gasteiger partial charge is 0.255 e. The van der Waals surface area contributed by atoms with E-state index in [1.165, 1.54) is 0 Å². The third kappa shape index (κ3) is 5.50. The minimum atomic E-state index is -0.141. The number of hydrogen-bond donors (Lipinski definition) is 2. The molecule has 6 heteroatoms. The molecule has 186 valence electrons. The number of hydrogen-bond acceptors (Lipinski definition) is 4. The van der Waals surface area contributed by atoms with E-state index in [1.54, 1.807) is 12.4 Å². The second kappa shape index (κ2) is 10.9. The highest BCUT2D eigenvalue weighted by Gasteiger charge is 2.11. The topological polar surface area (TPSA) is 84.0 Å². The summed E-state index contributed by atoms with van der Waals surface area (Å²) in [6.07, 6.45) is 3.55. The number of aryl methyl sites for hydroxylation is 2. The van der Waals surface area contributed by atoms with Crippen molar-refractivity contribution < 1.29 is 9.59 Å². The first-order chi connectivity index (χ1) is 18.5. The van der Waals surface area contributed by atoms with Gasteiger partial charge in [0.05, 0.1) is 0 Å². The molecule has 0 spiro atoms. The maximum absolute atomic E-state index is 12.6. The van der Waals surface area contributed by atoms with Gasteiger partial charge in [-0.25, -0.2) is 9.97 Å². The van der Waals surface area contributed by atoms with Crippen LogP contribution in [-0.4, -0.2) is 21.8 Å². The number of amides is 2. The largest absolute Gasteiger partial charge is 0.322 e. The number of benzene rings is 4. The molecule has 0 radical (unpaired) electrons. The van der Waals surface area contributed by atoms with E-state index in [2.05, 4.69) is 20.6 Å². The van der Waals surface area contributed by atoms with Crippen molar-refractivity contribution in [2.45, 2.75) is 13.8 Å². The minimum absolute atomic E-state index is 0.135. The van der Waals surface area contributed by atoms with Gasteiger partial charge in [-0.05, 0) is 79.1 Å². The second-order valence-electron chi connectivity index (χ2n) is 8.99. The van der Waals surface area contributed by atoms with Crippen LogP contribution in [0.25, 0.3) is 22.5 Å². The average molecular weight is 499 g/mol. The fourth-order valence-electron chi connectivity index (χ4n) is 4.13. The Balaban J connectivity index is 1.23. The Labute approximate surface area is 221 Å². The monoisotopic (exact) mass is 498 g/mol. The van der Waals surface area contributed by atoms with E-state index in [0.717, 1.165) is 27.8 Å². The van der Waals surface area contributed by atoms with E-state index in [9.17, 15) is 9.59 Å². The zero-order valence-corrected chi connectivity index (χ0v) is 21.1. The lowest BCUT2D eigenvalue weighted by Crippen LogP contribution is -2.13. The highest BCUT2D eigenvalue weighted by Crippen LogP contribution is 2.24. The highest BCUT2D eigenvalue weighted by molar-refractivity contribution is 6.06. The number of carbonyl (C=O) groups excluding carboxylic acids is 2. The van der Waals surface area contributed by atoms with Gasteiger partial charge in [0.1, 0.15) is 0 Å². The zero-order chi connectivity index (χ0) is 26.5. The van der Waals surface area contributed by atoms with Crippen molar-refractivity contribution >= 4 is 23.2 Å². The fraction of sp³-hybridized carbons (Fsp3) is 0.0625. The molecule has 0 aliphatic heterocycles. The van der Waals surface area contributed by atoms with Gasteiger partial charge in [0.25, 0.3) is 11.8 Å². The predicted octanol–water partition coefficient (Wildman–Crippen LogP) is 6.93. The molecule has 38 heavy (non-hydrogen) atoms. The summed E-state index contributed by atoms with van der Waals surface area (Å²) in [5.74, 6) is 0.314. The SMILES string of the molecule is Cc1ccccc1C(=O)Nc1ccc(-c2cnc(-c3ccc(NC(=O)c4ccccc4C)cc3)nc2)cc1. The van der Waals surface area contributed by atoms with Crippen LogP contribution in [0.4, 0.5) is 11.4 Å². The van der Waals surface area contributed by atoms with E-state index in [1.807, 2.05) is 111 Å². The molecule has 5 rings (SSSR count). The van der Waals surface area contributed by atoms with Gasteiger partial charge in [0.2, 0.25) is 0 Å². The average Bonchev–Trinajstić information content (AvgIpc) is 2.94. The first-order valence-electron chi connectivity index (χ1n) is 12.2. The number of carbonyl (C=O) groups is 2. The van der Waals surface area contributed by atoms with Crippen LogP contribution in [0, 0.1) is 13.8 Å². The van der Waals surface area contributed by atoms with Gasteiger partial charge < -0.3 is 10.6 Å². The van der Waals surface area contributed by atoms with Crippen LogP contribution in [0.2, 0.25) is 0 Å². The van der Waals surface area contributed by atoms with Gasteiger partial charge in [-0.3, -0.25) is 9.59 Å². The number of nitrogens with one attached hydrogen (secondary N) is 2. The van der Waals surface area contributed by atoms with E-state index in [0.29, 0.717) is 28.3 Å². The summed E-state index contributed by atoms with van der Waals surface area (Å²) in [4.78, 5) is 34.2. The standard InChI is InChI=1S/C32H26N4O2/c1-21-7-3-5-9-28(21)31(37)35-26-15-11-23(12-16-26)25-19-33-30(34-20-25)24-13-17-27(18-14-24)36-32(38)29-10-6-4-8-22(29)2/h3-20H,1-2H3,(H,35,37)(H,36,38). The molecular weight excluding hydrogens is 472 g/mol. The predicted molar refractivity (Wildman–Crippen MR) is 151 cm³/mol. The number of nitrogens with zero attached hydrogens (tertiary/aromatic N) is 2. The lowest BCUT2D eigenvalue weighted by atomic mass is 10.1. The van der Waals surface area contributed by atoms with Crippen molar-refractivity contribution in [3.63, 3.8) is 0 Å². The molecule has 0 bridgehead atoms. The maximum Gasteiger partial charge on any atom is 0.255 e. The Hall–Kier alpha value is -5.10. The van der Waals surface area contributed by atoms with Crippen molar-refractivity contribution in [1.29, 1.82) is 0 Å². The van der Waals surface area contributed by atoms with Gasteiger partial charge in [-0.2, -0.15) is 0 Å². The van der Waals surface area contributed by atoms with Gasteiger partial charge in [0.15, 0.2) is 5.82 Å². The molecule has 4 aromatic carbocycles. The second-order valence-corrected chi connectivity index (χ2v) is 8.99. The van der Waals surface area contributed by atoms with Crippen LogP contribution in [0.3, 0.4) is 0 Å². The Kier molecular flexibility index (Phi) is 7.04. The summed E-state index contributed by atoms with van der Waals surface area (Å²) >= 11 is 0. The van der Waals surface area contributed by atoms with Crippen LogP contribution in [0.5, 0.6) is 0 Å². The molecule has 0 saturated heterocycles. The van der Waals surface area contributed by atoms with Crippen LogP contribution in [0.15, 0.2) is 109 Å². The summed E-state index contributed by atoms with van der Waals surface area (Å²) in [6, 6.07) is 30.0. The molecule has 0 unspecified atom stereocenters. The minimum Gasteiger partial charge on any atom is -0.322 e. The van der Waals surface area contributed by atoms with Crippen molar-refractivity contribution in [2.75, 3.05) is 10.6 Å². The third-order valence-corrected chi connectivity index (χ3v) is 6.31. The summed E-state index contributed by atoms with van der Waals surface area (Å²) in [6.45, 7) is 3.83. The van der Waals surface area contributed by atoms with Crippen molar-refractivity contribution in [3.05, 3.63) is 132 Å². The summed E-state index contributed by atoms with van der Waals surface area (Å²) in [5.41, 5.74) is 7.24. The van der Waals surface area contributed by atoms with Crippen molar-refractivity contribution in [2.24, 2.45) is 0 Å². The molecule has 6 nitrogen and oxygen atoms in total. The molecule has 0 aliphatic carbocycles. The Bertz CT molecular complexity index is 1470. The third-order valence-electron chi connectivity index (χ3n) is 6.31. The molecule has 2 amide bonds. The summed E-state index contributed by atoms with van der Waals surface area (Å²) in [5, 5.41) is 5.87. The number of anilines is 2. The van der Waals surface area contributed by atoms with E-state index >= 15 is 0 Å². The van der Waals surface area contributed by atoms with Gasteiger partial charge in [0, 0.05) is 46.0 Å². The molecule has 0 saturated carbocycles. The lowest BCUT2D eigenvalue weighted by Gasteiger charge is -2.09. The summed E-state index contributed by atoms with van der Waals surface area (Å²) in [7, 11) is 0. The van der Waals surface area contributed by atoms with Crippen LogP contribution < -0.4 is 10.6 Å². The quantitative estimate of drug-likeness (QED) is 0.266. The summed E-state index contributed by atoms with van der Waals surface area (Å²) < 4.78 is 0. The number of rotatable bonds is 6. The van der Waals surface area contributed by atoms with Gasteiger partial charge >= 0.3 is 0 Å². The fourth-order valence-corrected chi connectivity index (χ4v) is 4.13. The van der Waals surface area contributed by atoms with E-state index in [-0.39, 0.29) is 11.8 Å². The Morgan fingerprint density at radius 1 is 0.526 bits per heavy atom. The van der Waals surface area contributed by atoms with Gasteiger partial charge in [-0.15, -0.1) is 0 Å². The van der Waals surface area contributed by atoms with Crippen LogP contribution in [-0.2, 0) is 0 Å². The van der Waals surface area contributed by atoms with Crippen LogP contribution in [0.1, 0.15) is 31.8 Å². The van der Waals surface area contributed by atoms with Crippen molar-refractivity contribution in [3.8, 4) is 22.5 Å². The van der Waals surface area contributed by atoms with E-state index in [4.69, 9.17) is 0 Å². The molecule has 0 fully saturated rings. The van der Waals surface area contributed by atoms with Crippen LogP contribution >= 0.6 is 0 Å². The number of aromatic nitrogens is 2. The molecule has 2 N–H and O–H groups in total. The molecule has 1 heterocycles. The normalized spacial score (nSPS) is 10.6. The highest BCUT2D eigenvalue weighted by atomic mass is 16.2. The maximum atomic E-state index is 12.6. The molecule has 1 aromatic heterocycles. The molecule has 0 atom stereocenters. The van der Waals surface area contributed by atoms with E-state index < -0.39 is 0 Å². The first kappa shape index (κ1) is 24.6. The zero-order valence-electron chi connectivity index (χ0n) is 21.1. The first-order valence-corrected chi connectivity index (χ1v) is 12.2. The van der Waals surface area contributed by atoms with Gasteiger partial charge in [-0.1, -0.05) is 48.5 Å². The molecule has 0 aliphatic rings. The van der Waals surface area contributed by atoms with Crippen molar-refractivity contribution in [1.82, 2.24) is 9.97 Å². The molecular formula is C32H26N4O2. The molecule has 5 aromatic rings. The Morgan fingerprint density at radius 2 is 0.947 bits per heavy atom.